The highest BCUT2D eigenvalue weighted by molar-refractivity contribution is 5.90. The molecule has 2 unspecified atom stereocenters. The molecule has 0 aliphatic heterocycles. The van der Waals surface area contributed by atoms with Gasteiger partial charge in [0, 0.05) is 68.0 Å². The van der Waals surface area contributed by atoms with E-state index >= 15 is 0 Å². The number of aryl methyl sites for hydroxylation is 4. The minimum absolute atomic E-state index is 0.122. The van der Waals surface area contributed by atoms with Gasteiger partial charge in [-0.15, -0.1) is 0 Å². The average Bonchev–Trinajstić information content (AvgIpc) is 1.56. The third kappa shape index (κ3) is 14.1. The van der Waals surface area contributed by atoms with Gasteiger partial charge in [-0.25, -0.2) is 0 Å². The standard InChI is InChI=1S/C94H94N4/c1-10-14-16-18-56-94(57-19-17-15-11-2)91-65-87(96(82-33-21-27-68(6)59-82)79-47-40-75(41-48-79)74-38-45-78(46-39-74)95(81-32-20-26-67(5)58-81)85-36-24-30-72(12-3)63-85)51-53-89(91)90-54-52-88(66-92(90)94)97(83-34-22-28-69(7)60-83)80-49-42-76(43-50-80)77-44-55-93(71(9)62-77)98(84-35-23-29-70(8)61-84)86-37-25-31-73(13-4)64-86/h12-13,20-55,58-66,71,93H,3-4,10-11,14-19,56-57H2,1-2,5-9H3. The molecule has 0 amide bonds. The van der Waals surface area contributed by atoms with Gasteiger partial charge < -0.3 is 19.6 Å². The topological polar surface area (TPSA) is 13.0 Å². The van der Waals surface area contributed by atoms with Crippen LogP contribution in [-0.2, 0) is 5.41 Å². The first-order valence-electron chi connectivity index (χ1n) is 35.8. The van der Waals surface area contributed by atoms with Gasteiger partial charge in [-0.05, 0) is 258 Å². The van der Waals surface area contributed by atoms with Crippen LogP contribution < -0.4 is 19.6 Å². The number of rotatable bonds is 26. The molecule has 0 aromatic heterocycles. The van der Waals surface area contributed by atoms with Crippen molar-refractivity contribution in [2.75, 3.05) is 19.6 Å². The number of unbranched alkanes of at least 4 members (excludes halogenated alkanes) is 6. The van der Waals surface area contributed by atoms with Crippen molar-refractivity contribution in [1.29, 1.82) is 0 Å². The minimum Gasteiger partial charge on any atom is -0.334 e. The molecule has 0 N–H and O–H groups in total. The summed E-state index contributed by atoms with van der Waals surface area (Å²) in [5, 5.41) is 0. The molecule has 2 atom stereocenters. The summed E-state index contributed by atoms with van der Waals surface area (Å²) in [7, 11) is 0. The molecule has 2 aliphatic carbocycles. The van der Waals surface area contributed by atoms with E-state index in [1.165, 1.54) is 135 Å². The first-order chi connectivity index (χ1) is 47.9. The van der Waals surface area contributed by atoms with Gasteiger partial charge in [0.1, 0.15) is 0 Å². The predicted molar refractivity (Wildman–Crippen MR) is 424 cm³/mol. The fourth-order valence-electron chi connectivity index (χ4n) is 15.4. The minimum atomic E-state index is -0.199. The third-order valence-electron chi connectivity index (χ3n) is 20.4. The van der Waals surface area contributed by atoms with Crippen LogP contribution in [0.2, 0.25) is 0 Å². The van der Waals surface area contributed by atoms with Crippen molar-refractivity contribution in [2.24, 2.45) is 5.92 Å². The van der Waals surface area contributed by atoms with E-state index in [0.29, 0.717) is 0 Å². The molecule has 0 saturated carbocycles. The highest BCUT2D eigenvalue weighted by Crippen LogP contribution is 2.57. The van der Waals surface area contributed by atoms with Crippen LogP contribution in [0.4, 0.5) is 62.6 Å². The fourth-order valence-corrected chi connectivity index (χ4v) is 15.4. The highest BCUT2D eigenvalue weighted by Gasteiger charge is 2.43. The van der Waals surface area contributed by atoms with E-state index in [2.05, 4.69) is 354 Å². The lowest BCUT2D eigenvalue weighted by Crippen LogP contribution is -2.35. The van der Waals surface area contributed by atoms with Gasteiger partial charge in [0.15, 0.2) is 0 Å². The monoisotopic (exact) mass is 1280 g/mol. The summed E-state index contributed by atoms with van der Waals surface area (Å²) < 4.78 is 0. The molecule has 4 nitrogen and oxygen atoms in total. The Morgan fingerprint density at radius 2 is 0.704 bits per heavy atom. The maximum Gasteiger partial charge on any atom is 0.0585 e. The summed E-state index contributed by atoms with van der Waals surface area (Å²) in [5.41, 5.74) is 30.0. The van der Waals surface area contributed by atoms with Crippen molar-refractivity contribution in [2.45, 2.75) is 124 Å². The Balaban J connectivity index is 0.855. The summed E-state index contributed by atoms with van der Waals surface area (Å²) in [6.45, 7) is 24.0. The molecule has 0 fully saturated rings. The highest BCUT2D eigenvalue weighted by atomic mass is 15.2. The van der Waals surface area contributed by atoms with Crippen molar-refractivity contribution in [3.63, 3.8) is 0 Å². The van der Waals surface area contributed by atoms with E-state index in [4.69, 9.17) is 0 Å². The first-order valence-corrected chi connectivity index (χ1v) is 35.8. The zero-order valence-electron chi connectivity index (χ0n) is 58.6. The lowest BCUT2D eigenvalue weighted by atomic mass is 9.70. The Kier molecular flexibility index (Phi) is 20.2. The van der Waals surface area contributed by atoms with Crippen molar-refractivity contribution in [1.82, 2.24) is 0 Å². The van der Waals surface area contributed by atoms with Gasteiger partial charge in [-0.3, -0.25) is 0 Å². The second-order valence-corrected chi connectivity index (χ2v) is 27.5. The normalized spacial score (nSPS) is 14.3. The van der Waals surface area contributed by atoms with E-state index in [1.807, 2.05) is 12.2 Å². The SMILES string of the molecule is C=Cc1cccc(N(c2ccc(-c3ccc(N(c4cccc(C)c4)c4ccc5c(c4)C(CCCCCC)(CCCCCC)c4cc(N(c6ccc(C7=CC(C)C(N(c8cccc(C)c8)c8cccc(C=C)c8)C=C7)cc6)c6cccc(C)c6)ccc4-5)cc3)cc2)c2cccc(C)c2)c1. The number of allylic oxidation sites excluding steroid dienone is 2. The zero-order valence-corrected chi connectivity index (χ0v) is 58.6. The Morgan fingerprint density at radius 1 is 0.357 bits per heavy atom. The van der Waals surface area contributed by atoms with E-state index in [9.17, 15) is 0 Å². The molecule has 0 saturated heterocycles. The van der Waals surface area contributed by atoms with Crippen LogP contribution in [0.3, 0.4) is 0 Å². The van der Waals surface area contributed by atoms with Gasteiger partial charge in [-0.2, -0.15) is 0 Å². The number of benzene rings is 11. The van der Waals surface area contributed by atoms with E-state index in [0.717, 1.165) is 69.5 Å². The van der Waals surface area contributed by atoms with Crippen molar-refractivity contribution in [3.05, 3.63) is 336 Å². The summed E-state index contributed by atoms with van der Waals surface area (Å²) in [6, 6.07) is 95.7. The lowest BCUT2D eigenvalue weighted by molar-refractivity contribution is 0.401. The molecular formula is C94H94N4. The molecule has 0 heterocycles. The maximum absolute atomic E-state index is 4.10. The number of hydrogen-bond donors (Lipinski definition) is 0. The lowest BCUT2D eigenvalue weighted by Gasteiger charge is -2.37. The van der Waals surface area contributed by atoms with Crippen LogP contribution in [0.1, 0.15) is 135 Å². The summed E-state index contributed by atoms with van der Waals surface area (Å²) in [6.07, 6.45) is 22.9. The van der Waals surface area contributed by atoms with Crippen LogP contribution in [0.25, 0.3) is 40.0 Å². The molecule has 2 aliphatic rings. The number of anilines is 11. The molecule has 11 aromatic carbocycles. The van der Waals surface area contributed by atoms with Gasteiger partial charge >= 0.3 is 0 Å². The Morgan fingerprint density at radius 3 is 1.10 bits per heavy atom. The van der Waals surface area contributed by atoms with Crippen LogP contribution in [-0.4, -0.2) is 6.04 Å². The summed E-state index contributed by atoms with van der Waals surface area (Å²) in [4.78, 5) is 9.83. The molecular weight excluding hydrogens is 1190 g/mol. The second kappa shape index (κ2) is 29.9. The summed E-state index contributed by atoms with van der Waals surface area (Å²) >= 11 is 0. The predicted octanol–water partition coefficient (Wildman–Crippen LogP) is 27.3. The second-order valence-electron chi connectivity index (χ2n) is 27.5. The molecule has 0 radical (unpaired) electrons. The molecule has 4 heteroatoms. The summed E-state index contributed by atoms with van der Waals surface area (Å²) in [5.74, 6) is 0.227. The number of hydrogen-bond acceptors (Lipinski definition) is 4. The van der Waals surface area contributed by atoms with Crippen LogP contribution >= 0.6 is 0 Å². The molecule has 0 bridgehead atoms. The molecule has 11 aromatic rings. The van der Waals surface area contributed by atoms with Crippen LogP contribution in [0.5, 0.6) is 0 Å². The Bertz CT molecular complexity index is 4670. The van der Waals surface area contributed by atoms with E-state index < -0.39 is 0 Å². The van der Waals surface area contributed by atoms with Crippen molar-refractivity contribution in [3.8, 4) is 22.3 Å². The fraction of sp³-hybridized carbons (Fsp3) is 0.213. The van der Waals surface area contributed by atoms with Crippen LogP contribution in [0.15, 0.2) is 286 Å². The smallest absolute Gasteiger partial charge is 0.0585 e. The van der Waals surface area contributed by atoms with E-state index in [-0.39, 0.29) is 17.4 Å². The quantitative estimate of drug-likeness (QED) is 0.0501. The molecule has 490 valence electrons. The van der Waals surface area contributed by atoms with E-state index in [1.54, 1.807) is 0 Å². The maximum atomic E-state index is 4.10. The third-order valence-corrected chi connectivity index (χ3v) is 20.4. The Labute approximate surface area is 584 Å². The van der Waals surface area contributed by atoms with Gasteiger partial charge in [0.25, 0.3) is 0 Å². The van der Waals surface area contributed by atoms with Gasteiger partial charge in [-0.1, -0.05) is 237 Å². The zero-order chi connectivity index (χ0) is 67.7. The number of nitrogens with zero attached hydrogens (tertiary/aromatic N) is 4. The largest absolute Gasteiger partial charge is 0.334 e. The number of fused-ring (bicyclic) bond motifs is 3. The first kappa shape index (κ1) is 66.2. The van der Waals surface area contributed by atoms with Crippen molar-refractivity contribution >= 4 is 80.3 Å². The van der Waals surface area contributed by atoms with Gasteiger partial charge in [0.2, 0.25) is 0 Å². The average molecular weight is 1280 g/mol. The molecule has 13 rings (SSSR count). The molecule has 0 spiro atoms. The van der Waals surface area contributed by atoms with Crippen molar-refractivity contribution < 1.29 is 0 Å². The molecule has 98 heavy (non-hydrogen) atoms. The Hall–Kier alpha value is -10.4. The van der Waals surface area contributed by atoms with Crippen LogP contribution in [0, 0.1) is 33.6 Å². The van der Waals surface area contributed by atoms with Gasteiger partial charge in [0.05, 0.1) is 6.04 Å².